The monoisotopic (exact) mass is 179 g/mol. The molecule has 13 heavy (non-hydrogen) atoms. The Morgan fingerprint density at radius 2 is 1.85 bits per heavy atom. The van der Waals surface area contributed by atoms with Crippen LogP contribution >= 0.6 is 0 Å². The van der Waals surface area contributed by atoms with Crippen LogP contribution in [0.3, 0.4) is 0 Å². The van der Waals surface area contributed by atoms with Gasteiger partial charge in [0.05, 0.1) is 6.61 Å². The molecule has 2 N–H and O–H groups in total. The van der Waals surface area contributed by atoms with Gasteiger partial charge in [-0.2, -0.15) is 0 Å². The van der Waals surface area contributed by atoms with Crippen LogP contribution in [0, 0.1) is 0 Å². The van der Waals surface area contributed by atoms with Crippen LogP contribution in [0.15, 0.2) is 24.3 Å². The molecule has 0 saturated heterocycles. The van der Waals surface area contributed by atoms with Crippen molar-refractivity contribution >= 4 is 6.41 Å². The quantitative estimate of drug-likeness (QED) is 0.510. The second kappa shape index (κ2) is 5.32. The smallest absolute Gasteiger partial charge is 0.207 e. The number of benzene rings is 1. The Balaban J connectivity index is 2.44. The molecule has 0 bridgehead atoms. The number of carbonyl (C=O) groups is 1. The average molecular weight is 179 g/mol. The van der Waals surface area contributed by atoms with Gasteiger partial charge < -0.3 is 10.4 Å². The highest BCUT2D eigenvalue weighted by atomic mass is 16.3. The summed E-state index contributed by atoms with van der Waals surface area (Å²) in [6.45, 7) is 0.731. The van der Waals surface area contributed by atoms with Gasteiger partial charge in [-0.25, -0.2) is 0 Å². The first-order valence-electron chi connectivity index (χ1n) is 4.22. The molecule has 0 atom stereocenters. The SMILES string of the molecule is O=CNCCc1ccc(CO)cc1. The maximum Gasteiger partial charge on any atom is 0.207 e. The van der Waals surface area contributed by atoms with E-state index in [0.717, 1.165) is 17.5 Å². The van der Waals surface area contributed by atoms with E-state index in [-0.39, 0.29) is 6.61 Å². The summed E-state index contributed by atoms with van der Waals surface area (Å²) in [5.41, 5.74) is 2.07. The van der Waals surface area contributed by atoms with Crippen molar-refractivity contribution < 1.29 is 9.90 Å². The number of hydrogen-bond acceptors (Lipinski definition) is 2. The van der Waals surface area contributed by atoms with Crippen LogP contribution in [0.1, 0.15) is 11.1 Å². The highest BCUT2D eigenvalue weighted by Crippen LogP contribution is 2.04. The molecule has 0 spiro atoms. The summed E-state index contributed by atoms with van der Waals surface area (Å²) in [6.07, 6.45) is 1.52. The highest BCUT2D eigenvalue weighted by Gasteiger charge is 1.92. The zero-order valence-electron chi connectivity index (χ0n) is 7.36. The second-order valence-electron chi connectivity index (χ2n) is 2.80. The number of amides is 1. The van der Waals surface area contributed by atoms with E-state index in [1.54, 1.807) is 0 Å². The molecule has 0 saturated carbocycles. The van der Waals surface area contributed by atoms with E-state index < -0.39 is 0 Å². The fourth-order valence-corrected chi connectivity index (χ4v) is 1.09. The highest BCUT2D eigenvalue weighted by molar-refractivity contribution is 5.45. The number of nitrogens with one attached hydrogen (secondary N) is 1. The summed E-state index contributed by atoms with van der Waals surface area (Å²) < 4.78 is 0. The third kappa shape index (κ3) is 3.25. The molecule has 0 aliphatic rings. The van der Waals surface area contributed by atoms with Crippen molar-refractivity contribution in [3.8, 4) is 0 Å². The van der Waals surface area contributed by atoms with E-state index in [1.807, 2.05) is 24.3 Å². The van der Waals surface area contributed by atoms with Gasteiger partial charge in [0, 0.05) is 6.54 Å². The molecule has 0 aliphatic carbocycles. The Morgan fingerprint density at radius 1 is 1.23 bits per heavy atom. The summed E-state index contributed by atoms with van der Waals surface area (Å²) in [6, 6.07) is 7.68. The topological polar surface area (TPSA) is 49.3 Å². The van der Waals surface area contributed by atoms with Crippen LogP contribution in [0.2, 0.25) is 0 Å². The third-order valence-corrected chi connectivity index (χ3v) is 1.85. The Hall–Kier alpha value is -1.35. The number of aliphatic hydroxyl groups excluding tert-OH is 1. The number of rotatable bonds is 5. The van der Waals surface area contributed by atoms with Crippen molar-refractivity contribution in [3.05, 3.63) is 35.4 Å². The molecule has 0 aliphatic heterocycles. The zero-order valence-corrected chi connectivity index (χ0v) is 7.36. The maximum atomic E-state index is 9.95. The molecule has 1 aromatic carbocycles. The molecular weight excluding hydrogens is 166 g/mol. The van der Waals surface area contributed by atoms with Gasteiger partial charge in [-0.3, -0.25) is 4.79 Å². The first-order chi connectivity index (χ1) is 6.36. The van der Waals surface area contributed by atoms with Crippen molar-refractivity contribution in [2.45, 2.75) is 13.0 Å². The minimum absolute atomic E-state index is 0.0763. The molecule has 0 heterocycles. The number of hydrogen-bond donors (Lipinski definition) is 2. The predicted octanol–water partition coefficient (Wildman–Crippen LogP) is 0.467. The van der Waals surface area contributed by atoms with E-state index in [1.165, 1.54) is 0 Å². The lowest BCUT2D eigenvalue weighted by molar-refractivity contribution is -0.109. The van der Waals surface area contributed by atoms with Crippen LogP contribution in [-0.4, -0.2) is 18.1 Å². The van der Waals surface area contributed by atoms with Crippen molar-refractivity contribution in [1.29, 1.82) is 0 Å². The van der Waals surface area contributed by atoms with E-state index >= 15 is 0 Å². The Kier molecular flexibility index (Phi) is 3.99. The summed E-state index contributed by atoms with van der Waals surface area (Å²) in [7, 11) is 0. The van der Waals surface area contributed by atoms with Crippen molar-refractivity contribution in [3.63, 3.8) is 0 Å². The van der Waals surface area contributed by atoms with Crippen LogP contribution in [-0.2, 0) is 17.8 Å². The number of carbonyl (C=O) groups excluding carboxylic acids is 1. The van der Waals surface area contributed by atoms with Gasteiger partial charge in [-0.15, -0.1) is 0 Å². The third-order valence-electron chi connectivity index (χ3n) is 1.85. The molecule has 1 amide bonds. The molecule has 1 aromatic rings. The Morgan fingerprint density at radius 3 is 2.38 bits per heavy atom. The van der Waals surface area contributed by atoms with E-state index in [0.29, 0.717) is 13.0 Å². The lowest BCUT2D eigenvalue weighted by Gasteiger charge is -2.01. The molecule has 0 fully saturated rings. The summed E-state index contributed by atoms with van der Waals surface area (Å²) in [5.74, 6) is 0. The lowest BCUT2D eigenvalue weighted by Crippen LogP contribution is -2.14. The molecular formula is C10H13NO2. The van der Waals surface area contributed by atoms with Gasteiger partial charge >= 0.3 is 0 Å². The lowest BCUT2D eigenvalue weighted by atomic mass is 10.1. The molecule has 0 radical (unpaired) electrons. The Bertz CT molecular complexity index is 256. The van der Waals surface area contributed by atoms with E-state index in [4.69, 9.17) is 5.11 Å². The van der Waals surface area contributed by atoms with Gasteiger partial charge in [-0.05, 0) is 17.5 Å². The van der Waals surface area contributed by atoms with Crippen molar-refractivity contribution in [2.24, 2.45) is 0 Å². The van der Waals surface area contributed by atoms with Crippen LogP contribution in [0.25, 0.3) is 0 Å². The van der Waals surface area contributed by atoms with Gasteiger partial charge in [0.2, 0.25) is 6.41 Å². The normalized spacial score (nSPS) is 9.62. The number of aliphatic hydroxyl groups is 1. The summed E-state index contributed by atoms with van der Waals surface area (Å²) >= 11 is 0. The summed E-state index contributed by atoms with van der Waals surface area (Å²) in [4.78, 5) is 9.95. The minimum Gasteiger partial charge on any atom is -0.392 e. The minimum atomic E-state index is 0.0763. The standard InChI is InChI=1S/C10H13NO2/c12-7-10-3-1-9(2-4-10)5-6-11-8-13/h1-4,8,12H,5-7H2,(H,11,13). The molecule has 0 aromatic heterocycles. The van der Waals surface area contributed by atoms with Crippen LogP contribution in [0.4, 0.5) is 0 Å². The van der Waals surface area contributed by atoms with Crippen LogP contribution in [0.5, 0.6) is 0 Å². The van der Waals surface area contributed by atoms with Gasteiger partial charge in [0.25, 0.3) is 0 Å². The zero-order chi connectivity index (χ0) is 9.52. The maximum absolute atomic E-state index is 9.95. The van der Waals surface area contributed by atoms with Gasteiger partial charge in [-0.1, -0.05) is 24.3 Å². The molecule has 0 unspecified atom stereocenters. The van der Waals surface area contributed by atoms with E-state index in [9.17, 15) is 4.79 Å². The fraction of sp³-hybridized carbons (Fsp3) is 0.300. The largest absolute Gasteiger partial charge is 0.392 e. The Labute approximate surface area is 77.4 Å². The fourth-order valence-electron chi connectivity index (χ4n) is 1.09. The van der Waals surface area contributed by atoms with Crippen molar-refractivity contribution in [2.75, 3.05) is 6.54 Å². The van der Waals surface area contributed by atoms with Gasteiger partial charge in [0.1, 0.15) is 0 Å². The molecule has 70 valence electrons. The average Bonchev–Trinajstić information content (AvgIpc) is 2.19. The first-order valence-corrected chi connectivity index (χ1v) is 4.22. The second-order valence-corrected chi connectivity index (χ2v) is 2.80. The molecule has 3 nitrogen and oxygen atoms in total. The van der Waals surface area contributed by atoms with Gasteiger partial charge in [0.15, 0.2) is 0 Å². The molecule has 3 heteroatoms. The summed E-state index contributed by atoms with van der Waals surface area (Å²) in [5, 5.41) is 11.4. The predicted molar refractivity (Wildman–Crippen MR) is 50.1 cm³/mol. The molecule has 1 rings (SSSR count). The van der Waals surface area contributed by atoms with Crippen molar-refractivity contribution in [1.82, 2.24) is 5.32 Å². The van der Waals surface area contributed by atoms with Crippen LogP contribution < -0.4 is 5.32 Å². The van der Waals surface area contributed by atoms with E-state index in [2.05, 4.69) is 5.32 Å². The first kappa shape index (κ1) is 9.74.